The maximum absolute atomic E-state index is 12.4. The second kappa shape index (κ2) is 8.97. The van der Waals surface area contributed by atoms with Gasteiger partial charge in [0.05, 0.1) is 10.6 Å². The molecular formula is C20H23N5O2S. The smallest absolute Gasteiger partial charge is 0.226 e. The summed E-state index contributed by atoms with van der Waals surface area (Å²) in [6, 6.07) is 7.69. The average Bonchev–Trinajstić information content (AvgIpc) is 3.41. The van der Waals surface area contributed by atoms with Crippen molar-refractivity contribution in [2.24, 2.45) is 0 Å². The minimum absolute atomic E-state index is 0.0238. The van der Waals surface area contributed by atoms with Crippen molar-refractivity contribution in [3.63, 3.8) is 0 Å². The molecule has 3 aromatic rings. The lowest BCUT2D eigenvalue weighted by atomic mass is 10.1. The lowest BCUT2D eigenvalue weighted by molar-refractivity contribution is -0.116. The third kappa shape index (κ3) is 4.56. The summed E-state index contributed by atoms with van der Waals surface area (Å²) in [6.07, 6.45) is 7.00. The molecule has 1 aliphatic heterocycles. The SMILES string of the molecule is O=C(CCCc1nc(-c2cccs2)no1)Nc1cccnc1N1CCCCC1. The number of hydrogen-bond donors (Lipinski definition) is 1. The summed E-state index contributed by atoms with van der Waals surface area (Å²) < 4.78 is 5.28. The molecule has 28 heavy (non-hydrogen) atoms. The highest BCUT2D eigenvalue weighted by Gasteiger charge is 2.17. The Morgan fingerprint density at radius 1 is 1.21 bits per heavy atom. The number of nitrogens with zero attached hydrogens (tertiary/aromatic N) is 4. The summed E-state index contributed by atoms with van der Waals surface area (Å²) in [5.74, 6) is 2.01. The molecule has 1 N–H and O–H groups in total. The van der Waals surface area contributed by atoms with Gasteiger partial charge in [0.25, 0.3) is 0 Å². The van der Waals surface area contributed by atoms with Crippen molar-refractivity contribution in [3.8, 4) is 10.7 Å². The number of nitrogens with one attached hydrogen (secondary N) is 1. The predicted octanol–water partition coefficient (Wildman–Crippen LogP) is 4.14. The molecule has 0 aromatic carbocycles. The Bertz CT molecular complexity index is 903. The van der Waals surface area contributed by atoms with Crippen molar-refractivity contribution in [1.29, 1.82) is 0 Å². The number of amides is 1. The molecule has 4 heterocycles. The van der Waals surface area contributed by atoms with Gasteiger partial charge in [0.2, 0.25) is 17.6 Å². The molecule has 146 valence electrons. The number of pyridine rings is 1. The Balaban J connectivity index is 1.29. The molecule has 1 amide bonds. The van der Waals surface area contributed by atoms with Crippen molar-refractivity contribution < 1.29 is 9.32 Å². The van der Waals surface area contributed by atoms with Crippen LogP contribution in [0.25, 0.3) is 10.7 Å². The number of anilines is 2. The molecule has 0 unspecified atom stereocenters. The van der Waals surface area contributed by atoms with E-state index in [0.29, 0.717) is 31.0 Å². The van der Waals surface area contributed by atoms with Crippen molar-refractivity contribution >= 4 is 28.7 Å². The molecule has 3 aromatic heterocycles. The number of rotatable bonds is 7. The van der Waals surface area contributed by atoms with Crippen LogP contribution in [0.15, 0.2) is 40.4 Å². The summed E-state index contributed by atoms with van der Waals surface area (Å²) in [4.78, 5) is 24.5. The molecule has 0 radical (unpaired) electrons. The molecular weight excluding hydrogens is 374 g/mol. The number of hydrogen-bond acceptors (Lipinski definition) is 7. The standard InChI is InChI=1S/C20H23N5O2S/c26-17(9-4-10-18-23-19(24-27-18)16-8-6-14-28-16)22-15-7-5-11-21-20(15)25-12-2-1-3-13-25/h5-8,11,14H,1-4,9-10,12-13H2,(H,22,26). The normalized spacial score (nSPS) is 14.2. The van der Waals surface area contributed by atoms with Crippen LogP contribution in [0, 0.1) is 0 Å². The fraction of sp³-hybridized carbons (Fsp3) is 0.400. The monoisotopic (exact) mass is 397 g/mol. The summed E-state index contributed by atoms with van der Waals surface area (Å²) >= 11 is 1.57. The van der Waals surface area contributed by atoms with Crippen LogP contribution < -0.4 is 10.2 Å². The highest BCUT2D eigenvalue weighted by Crippen LogP contribution is 2.26. The average molecular weight is 398 g/mol. The molecule has 0 bridgehead atoms. The zero-order chi connectivity index (χ0) is 19.2. The van der Waals surface area contributed by atoms with Gasteiger partial charge in [-0.15, -0.1) is 11.3 Å². The van der Waals surface area contributed by atoms with Gasteiger partial charge in [0, 0.05) is 32.1 Å². The second-order valence-corrected chi connectivity index (χ2v) is 7.76. The second-order valence-electron chi connectivity index (χ2n) is 6.81. The zero-order valence-electron chi connectivity index (χ0n) is 15.6. The fourth-order valence-electron chi connectivity index (χ4n) is 3.33. The van der Waals surface area contributed by atoms with Gasteiger partial charge in [-0.2, -0.15) is 4.98 Å². The Morgan fingerprint density at radius 3 is 2.93 bits per heavy atom. The van der Waals surface area contributed by atoms with Crippen LogP contribution in [0.4, 0.5) is 11.5 Å². The Morgan fingerprint density at radius 2 is 2.11 bits per heavy atom. The van der Waals surface area contributed by atoms with E-state index in [1.807, 2.05) is 29.6 Å². The van der Waals surface area contributed by atoms with Crippen LogP contribution in [0.2, 0.25) is 0 Å². The van der Waals surface area contributed by atoms with Gasteiger partial charge in [-0.25, -0.2) is 4.98 Å². The van der Waals surface area contributed by atoms with Gasteiger partial charge in [-0.3, -0.25) is 4.79 Å². The first-order valence-electron chi connectivity index (χ1n) is 9.66. The van der Waals surface area contributed by atoms with Crippen LogP contribution in [0.3, 0.4) is 0 Å². The Kier molecular flexibility index (Phi) is 5.96. The van der Waals surface area contributed by atoms with Gasteiger partial charge in [0.15, 0.2) is 5.82 Å². The number of carbonyl (C=O) groups is 1. The lowest BCUT2D eigenvalue weighted by Gasteiger charge is -2.29. The third-order valence-electron chi connectivity index (χ3n) is 4.72. The van der Waals surface area contributed by atoms with E-state index in [1.165, 1.54) is 19.3 Å². The molecule has 7 nitrogen and oxygen atoms in total. The molecule has 1 aliphatic rings. The predicted molar refractivity (Wildman–Crippen MR) is 109 cm³/mol. The molecule has 0 aliphatic carbocycles. The molecule has 4 rings (SSSR count). The van der Waals surface area contributed by atoms with E-state index >= 15 is 0 Å². The van der Waals surface area contributed by atoms with Crippen molar-refractivity contribution in [2.75, 3.05) is 23.3 Å². The molecule has 1 fully saturated rings. The van der Waals surface area contributed by atoms with Crippen LogP contribution in [0.1, 0.15) is 38.0 Å². The molecule has 8 heteroatoms. The third-order valence-corrected chi connectivity index (χ3v) is 5.59. The minimum atomic E-state index is -0.0238. The van der Waals surface area contributed by atoms with Crippen LogP contribution in [0.5, 0.6) is 0 Å². The van der Waals surface area contributed by atoms with Crippen LogP contribution in [-0.4, -0.2) is 34.1 Å². The summed E-state index contributed by atoms with van der Waals surface area (Å²) in [5, 5.41) is 8.99. The summed E-state index contributed by atoms with van der Waals surface area (Å²) in [5.41, 5.74) is 0.784. The van der Waals surface area contributed by atoms with Crippen LogP contribution >= 0.6 is 11.3 Å². The Labute approximate surface area is 167 Å². The molecule has 0 saturated carbocycles. The Hall–Kier alpha value is -2.74. The topological polar surface area (TPSA) is 84.1 Å². The number of aromatic nitrogens is 3. The highest BCUT2D eigenvalue weighted by atomic mass is 32.1. The first-order chi connectivity index (χ1) is 13.8. The zero-order valence-corrected chi connectivity index (χ0v) is 16.5. The van der Waals surface area contributed by atoms with E-state index in [0.717, 1.165) is 29.5 Å². The lowest BCUT2D eigenvalue weighted by Crippen LogP contribution is -2.31. The number of aryl methyl sites for hydroxylation is 1. The maximum Gasteiger partial charge on any atom is 0.226 e. The van der Waals surface area contributed by atoms with E-state index in [4.69, 9.17) is 4.52 Å². The highest BCUT2D eigenvalue weighted by molar-refractivity contribution is 7.13. The summed E-state index contributed by atoms with van der Waals surface area (Å²) in [7, 11) is 0. The van der Waals surface area contributed by atoms with E-state index in [-0.39, 0.29) is 5.91 Å². The van der Waals surface area contributed by atoms with Crippen LogP contribution in [-0.2, 0) is 11.2 Å². The van der Waals surface area contributed by atoms with Gasteiger partial charge >= 0.3 is 0 Å². The van der Waals surface area contributed by atoms with E-state index in [9.17, 15) is 4.79 Å². The van der Waals surface area contributed by atoms with E-state index in [2.05, 4.69) is 25.3 Å². The van der Waals surface area contributed by atoms with E-state index in [1.54, 1.807) is 17.5 Å². The van der Waals surface area contributed by atoms with Crippen molar-refractivity contribution in [2.45, 2.75) is 38.5 Å². The minimum Gasteiger partial charge on any atom is -0.355 e. The molecule has 0 atom stereocenters. The van der Waals surface area contributed by atoms with Gasteiger partial charge in [-0.05, 0) is 49.3 Å². The van der Waals surface area contributed by atoms with Gasteiger partial charge in [-0.1, -0.05) is 11.2 Å². The maximum atomic E-state index is 12.4. The van der Waals surface area contributed by atoms with Gasteiger partial charge < -0.3 is 14.7 Å². The fourth-order valence-corrected chi connectivity index (χ4v) is 3.98. The van der Waals surface area contributed by atoms with Crippen molar-refractivity contribution in [1.82, 2.24) is 15.1 Å². The first-order valence-corrected chi connectivity index (χ1v) is 10.5. The molecule has 1 saturated heterocycles. The first kappa shape index (κ1) is 18.6. The largest absolute Gasteiger partial charge is 0.355 e. The number of thiophene rings is 1. The summed E-state index contributed by atoms with van der Waals surface area (Å²) in [6.45, 7) is 1.98. The van der Waals surface area contributed by atoms with E-state index < -0.39 is 0 Å². The quantitative estimate of drug-likeness (QED) is 0.645. The number of carbonyl (C=O) groups excluding carboxylic acids is 1. The number of piperidine rings is 1. The molecule has 0 spiro atoms. The van der Waals surface area contributed by atoms with Crippen molar-refractivity contribution in [3.05, 3.63) is 41.7 Å². The van der Waals surface area contributed by atoms with Gasteiger partial charge in [0.1, 0.15) is 0 Å².